The van der Waals surface area contributed by atoms with Gasteiger partial charge in [-0.25, -0.2) is 0 Å². The molecule has 0 aliphatic heterocycles. The smallest absolute Gasteiger partial charge is 0.193 e. The lowest BCUT2D eigenvalue weighted by Gasteiger charge is -2.05. The van der Waals surface area contributed by atoms with E-state index in [2.05, 4.69) is 6.92 Å². The molecule has 2 aromatic carbocycles. The van der Waals surface area contributed by atoms with Crippen LogP contribution in [-0.2, 0) is 0 Å². The molecule has 2 heteroatoms. The number of ketones is 2. The number of Topliss-reactive ketones (excluding diaryl/α,β-unsaturated/α-hetero) is 1. The second-order valence-electron chi connectivity index (χ2n) is 7.27. The van der Waals surface area contributed by atoms with E-state index in [1.807, 2.05) is 30.3 Å². The van der Waals surface area contributed by atoms with Gasteiger partial charge >= 0.3 is 0 Å². The fourth-order valence-electron chi connectivity index (χ4n) is 3.30. The lowest BCUT2D eigenvalue weighted by atomic mass is 9.99. The molecule has 0 spiro atoms. The second kappa shape index (κ2) is 12.2. The number of carbonyl (C=O) groups is 2. The summed E-state index contributed by atoms with van der Waals surface area (Å²) in [7, 11) is 0. The van der Waals surface area contributed by atoms with Crippen LogP contribution in [0.25, 0.3) is 0 Å². The fraction of sp³-hybridized carbons (Fsp3) is 0.440. The minimum absolute atomic E-state index is 0.00599. The standard InChI is InChI=1S/C25H32O2/c1-2-3-4-5-6-7-8-9-13-16-24(26)21-17-19-23(20-18-21)25(27)22-14-11-10-12-15-22/h10-12,14-15,17-20H,2-9,13,16H2,1H3. The minimum Gasteiger partial charge on any atom is -0.294 e. The van der Waals surface area contributed by atoms with Crippen molar-refractivity contribution in [3.63, 3.8) is 0 Å². The van der Waals surface area contributed by atoms with Crippen LogP contribution < -0.4 is 0 Å². The van der Waals surface area contributed by atoms with Gasteiger partial charge in [0, 0.05) is 23.1 Å². The van der Waals surface area contributed by atoms with Gasteiger partial charge in [-0.15, -0.1) is 0 Å². The van der Waals surface area contributed by atoms with Crippen LogP contribution in [0.4, 0.5) is 0 Å². The van der Waals surface area contributed by atoms with E-state index >= 15 is 0 Å². The largest absolute Gasteiger partial charge is 0.294 e. The maximum absolute atomic E-state index is 12.4. The molecule has 0 heterocycles. The van der Waals surface area contributed by atoms with Crippen molar-refractivity contribution in [3.05, 3.63) is 71.3 Å². The highest BCUT2D eigenvalue weighted by Crippen LogP contribution is 2.15. The van der Waals surface area contributed by atoms with Gasteiger partial charge in [0.25, 0.3) is 0 Å². The molecular formula is C25H32O2. The Morgan fingerprint density at radius 1 is 0.593 bits per heavy atom. The molecule has 2 aromatic rings. The van der Waals surface area contributed by atoms with E-state index in [0.717, 1.165) is 12.8 Å². The maximum Gasteiger partial charge on any atom is 0.193 e. The molecule has 0 aromatic heterocycles. The number of carbonyl (C=O) groups excluding carboxylic acids is 2. The summed E-state index contributed by atoms with van der Waals surface area (Å²) < 4.78 is 0. The summed E-state index contributed by atoms with van der Waals surface area (Å²) in [4.78, 5) is 24.7. The summed E-state index contributed by atoms with van der Waals surface area (Å²) in [6.07, 6.45) is 11.9. The first-order valence-corrected chi connectivity index (χ1v) is 10.5. The van der Waals surface area contributed by atoms with Crippen LogP contribution in [0.3, 0.4) is 0 Å². The molecule has 2 rings (SSSR count). The van der Waals surface area contributed by atoms with Gasteiger partial charge in [-0.1, -0.05) is 113 Å². The number of benzene rings is 2. The zero-order chi connectivity index (χ0) is 19.3. The first-order valence-electron chi connectivity index (χ1n) is 10.5. The Morgan fingerprint density at radius 3 is 1.67 bits per heavy atom. The average molecular weight is 365 g/mol. The van der Waals surface area contributed by atoms with Crippen molar-refractivity contribution in [2.45, 2.75) is 71.1 Å². The van der Waals surface area contributed by atoms with E-state index in [1.165, 1.54) is 44.9 Å². The molecule has 2 nitrogen and oxygen atoms in total. The van der Waals surface area contributed by atoms with Crippen LogP contribution in [-0.4, -0.2) is 11.6 Å². The number of rotatable bonds is 13. The van der Waals surface area contributed by atoms with Crippen molar-refractivity contribution in [2.75, 3.05) is 0 Å². The van der Waals surface area contributed by atoms with Gasteiger partial charge in [0.15, 0.2) is 11.6 Å². The molecule has 0 aliphatic carbocycles. The third-order valence-electron chi connectivity index (χ3n) is 5.01. The van der Waals surface area contributed by atoms with E-state index in [1.54, 1.807) is 24.3 Å². The first kappa shape index (κ1) is 21.1. The summed E-state index contributed by atoms with van der Waals surface area (Å²) in [5.74, 6) is 0.171. The van der Waals surface area contributed by atoms with Gasteiger partial charge in [-0.3, -0.25) is 9.59 Å². The van der Waals surface area contributed by atoms with Gasteiger partial charge < -0.3 is 0 Å². The predicted octanol–water partition coefficient (Wildman–Crippen LogP) is 7.02. The van der Waals surface area contributed by atoms with E-state index in [0.29, 0.717) is 23.1 Å². The van der Waals surface area contributed by atoms with Gasteiger partial charge in [0.05, 0.1) is 0 Å². The monoisotopic (exact) mass is 364 g/mol. The molecular weight excluding hydrogens is 332 g/mol. The van der Waals surface area contributed by atoms with Crippen molar-refractivity contribution in [1.29, 1.82) is 0 Å². The van der Waals surface area contributed by atoms with Crippen LogP contribution in [0.2, 0.25) is 0 Å². The minimum atomic E-state index is -0.00599. The fourth-order valence-corrected chi connectivity index (χ4v) is 3.30. The molecule has 0 bridgehead atoms. The van der Waals surface area contributed by atoms with Crippen molar-refractivity contribution in [2.24, 2.45) is 0 Å². The Balaban J connectivity index is 1.69. The molecule has 0 amide bonds. The zero-order valence-electron chi connectivity index (χ0n) is 16.6. The second-order valence-corrected chi connectivity index (χ2v) is 7.27. The van der Waals surface area contributed by atoms with Crippen LogP contribution in [0.15, 0.2) is 54.6 Å². The molecule has 0 radical (unpaired) electrons. The molecule has 0 unspecified atom stereocenters. The molecule has 27 heavy (non-hydrogen) atoms. The van der Waals surface area contributed by atoms with Gasteiger partial charge in [0.1, 0.15) is 0 Å². The van der Waals surface area contributed by atoms with Crippen molar-refractivity contribution < 1.29 is 9.59 Å². The van der Waals surface area contributed by atoms with E-state index in [4.69, 9.17) is 0 Å². The Labute approximate surface area is 164 Å². The lowest BCUT2D eigenvalue weighted by molar-refractivity contribution is 0.0977. The van der Waals surface area contributed by atoms with Crippen LogP contribution in [0.5, 0.6) is 0 Å². The van der Waals surface area contributed by atoms with E-state index < -0.39 is 0 Å². The van der Waals surface area contributed by atoms with Gasteiger partial charge in [0.2, 0.25) is 0 Å². The number of unbranched alkanes of at least 4 members (excludes halogenated alkanes) is 8. The SMILES string of the molecule is CCCCCCCCCCCC(=O)c1ccc(C(=O)c2ccccc2)cc1. The summed E-state index contributed by atoms with van der Waals surface area (Å²) in [5.41, 5.74) is 2.01. The predicted molar refractivity (Wildman–Crippen MR) is 112 cm³/mol. The molecule has 0 saturated heterocycles. The highest BCUT2D eigenvalue weighted by molar-refractivity contribution is 6.09. The topological polar surface area (TPSA) is 34.1 Å². The molecule has 0 N–H and O–H groups in total. The highest BCUT2D eigenvalue weighted by Gasteiger charge is 2.10. The molecule has 0 atom stereocenters. The average Bonchev–Trinajstić information content (AvgIpc) is 2.72. The Hall–Kier alpha value is -2.22. The summed E-state index contributed by atoms with van der Waals surface area (Å²) in [6, 6.07) is 16.3. The van der Waals surface area contributed by atoms with Crippen LogP contribution in [0, 0.1) is 0 Å². The van der Waals surface area contributed by atoms with Crippen molar-refractivity contribution >= 4 is 11.6 Å². The quantitative estimate of drug-likeness (QED) is 0.283. The zero-order valence-corrected chi connectivity index (χ0v) is 16.6. The lowest BCUT2D eigenvalue weighted by Crippen LogP contribution is -2.03. The molecule has 0 saturated carbocycles. The molecule has 0 aliphatic rings. The molecule has 144 valence electrons. The van der Waals surface area contributed by atoms with Crippen molar-refractivity contribution in [3.8, 4) is 0 Å². The first-order chi connectivity index (χ1) is 13.2. The van der Waals surface area contributed by atoms with E-state index in [-0.39, 0.29) is 11.6 Å². The summed E-state index contributed by atoms with van der Waals surface area (Å²) >= 11 is 0. The van der Waals surface area contributed by atoms with Gasteiger partial charge in [-0.2, -0.15) is 0 Å². The Kier molecular flexibility index (Phi) is 9.54. The third kappa shape index (κ3) is 7.50. The Bertz CT molecular complexity index is 686. The third-order valence-corrected chi connectivity index (χ3v) is 5.01. The summed E-state index contributed by atoms with van der Waals surface area (Å²) in [5, 5.41) is 0. The van der Waals surface area contributed by atoms with Crippen molar-refractivity contribution in [1.82, 2.24) is 0 Å². The van der Waals surface area contributed by atoms with Crippen LogP contribution >= 0.6 is 0 Å². The Morgan fingerprint density at radius 2 is 1.07 bits per heavy atom. The maximum atomic E-state index is 12.4. The number of hydrogen-bond acceptors (Lipinski definition) is 2. The van der Waals surface area contributed by atoms with Crippen LogP contribution in [0.1, 0.15) is 97.4 Å². The summed E-state index contributed by atoms with van der Waals surface area (Å²) in [6.45, 7) is 2.24. The number of hydrogen-bond donors (Lipinski definition) is 0. The molecule has 0 fully saturated rings. The van der Waals surface area contributed by atoms with E-state index in [9.17, 15) is 9.59 Å². The highest BCUT2D eigenvalue weighted by atomic mass is 16.1. The van der Waals surface area contributed by atoms with Gasteiger partial charge in [-0.05, 0) is 6.42 Å². The normalized spacial score (nSPS) is 10.7.